The van der Waals surface area contributed by atoms with E-state index in [1.165, 1.54) is 7.11 Å². The number of hydrogen-bond acceptors (Lipinski definition) is 8. The zero-order valence-corrected chi connectivity index (χ0v) is 17.7. The Bertz CT molecular complexity index is 1110. The van der Waals surface area contributed by atoms with Crippen LogP contribution in [-0.2, 0) is 4.74 Å². The largest absolute Gasteiger partial charge is 0.465 e. The smallest absolute Gasteiger partial charge is 0.337 e. The van der Waals surface area contributed by atoms with Crippen LogP contribution in [0.25, 0.3) is 11.4 Å². The number of anilines is 1. The first-order valence-electron chi connectivity index (χ1n) is 10.6. The lowest BCUT2D eigenvalue weighted by Crippen LogP contribution is -2.49. The summed E-state index contributed by atoms with van der Waals surface area (Å²) in [5.41, 5.74) is 1.81. The van der Waals surface area contributed by atoms with Gasteiger partial charge in [-0.05, 0) is 49.2 Å². The lowest BCUT2D eigenvalue weighted by Gasteiger charge is -2.35. The third-order valence-electron chi connectivity index (χ3n) is 5.82. The first-order chi connectivity index (χ1) is 15.6. The molecule has 2 aromatic heterocycles. The Kier molecular flexibility index (Phi) is 5.30. The number of pyridine rings is 1. The second-order valence-corrected chi connectivity index (χ2v) is 7.98. The monoisotopic (exact) mass is 433 g/mol. The van der Waals surface area contributed by atoms with Gasteiger partial charge in [0.05, 0.1) is 12.7 Å². The molecule has 1 aliphatic heterocycles. The zero-order valence-electron chi connectivity index (χ0n) is 17.7. The van der Waals surface area contributed by atoms with Crippen LogP contribution in [0.15, 0.2) is 47.1 Å². The van der Waals surface area contributed by atoms with Gasteiger partial charge in [0.25, 0.3) is 5.91 Å². The molecule has 0 unspecified atom stereocenters. The number of methoxy groups -OCH3 is 1. The summed E-state index contributed by atoms with van der Waals surface area (Å²) >= 11 is 0. The van der Waals surface area contributed by atoms with E-state index in [9.17, 15) is 9.59 Å². The predicted octanol–water partition coefficient (Wildman–Crippen LogP) is 2.76. The number of nitrogens with zero attached hydrogens (tertiary/aromatic N) is 5. The highest BCUT2D eigenvalue weighted by atomic mass is 16.5. The molecule has 9 heteroatoms. The van der Waals surface area contributed by atoms with Crippen LogP contribution in [0.1, 0.15) is 45.4 Å². The van der Waals surface area contributed by atoms with E-state index in [2.05, 4.69) is 20.0 Å². The molecule has 5 rings (SSSR count). The molecule has 3 aromatic rings. The van der Waals surface area contributed by atoms with Crippen LogP contribution in [0.4, 0.5) is 5.82 Å². The van der Waals surface area contributed by atoms with Crippen molar-refractivity contribution in [3.8, 4) is 11.4 Å². The van der Waals surface area contributed by atoms with Crippen molar-refractivity contribution < 1.29 is 18.8 Å². The number of hydrogen-bond donors (Lipinski definition) is 0. The highest BCUT2D eigenvalue weighted by molar-refractivity contribution is 5.96. The summed E-state index contributed by atoms with van der Waals surface area (Å²) in [5.74, 6) is 2.10. The second-order valence-electron chi connectivity index (χ2n) is 7.98. The minimum Gasteiger partial charge on any atom is -0.465 e. The van der Waals surface area contributed by atoms with Gasteiger partial charge in [0.15, 0.2) is 0 Å². The predicted molar refractivity (Wildman–Crippen MR) is 115 cm³/mol. The van der Waals surface area contributed by atoms with Crippen molar-refractivity contribution in [1.29, 1.82) is 0 Å². The van der Waals surface area contributed by atoms with E-state index < -0.39 is 5.97 Å². The molecule has 9 nitrogen and oxygen atoms in total. The van der Waals surface area contributed by atoms with Crippen molar-refractivity contribution in [1.82, 2.24) is 20.0 Å². The van der Waals surface area contributed by atoms with Crippen molar-refractivity contribution in [2.24, 2.45) is 0 Å². The normalized spacial score (nSPS) is 16.2. The maximum atomic E-state index is 12.8. The van der Waals surface area contributed by atoms with Gasteiger partial charge >= 0.3 is 5.97 Å². The molecule has 2 aliphatic rings. The topological polar surface area (TPSA) is 102 Å². The molecule has 32 heavy (non-hydrogen) atoms. The van der Waals surface area contributed by atoms with Crippen molar-refractivity contribution >= 4 is 17.7 Å². The molecule has 1 aliphatic carbocycles. The number of amides is 1. The van der Waals surface area contributed by atoms with Crippen LogP contribution in [-0.4, -0.2) is 65.2 Å². The molecule has 0 N–H and O–H groups in total. The Morgan fingerprint density at radius 1 is 1.00 bits per heavy atom. The lowest BCUT2D eigenvalue weighted by atomic mass is 10.1. The third kappa shape index (κ3) is 4.05. The molecule has 1 amide bonds. The molecule has 0 radical (unpaired) electrons. The third-order valence-corrected chi connectivity index (χ3v) is 5.82. The van der Waals surface area contributed by atoms with Crippen molar-refractivity contribution in [3.05, 3.63) is 59.6 Å². The Hall–Kier alpha value is -3.75. The first kappa shape index (κ1) is 20.2. The highest BCUT2D eigenvalue weighted by Gasteiger charge is 2.30. The molecule has 0 atom stereocenters. The fraction of sp³-hybridized carbons (Fsp3) is 0.348. The summed E-state index contributed by atoms with van der Waals surface area (Å²) < 4.78 is 10.0. The van der Waals surface area contributed by atoms with Gasteiger partial charge in [-0.2, -0.15) is 4.98 Å². The van der Waals surface area contributed by atoms with Gasteiger partial charge in [-0.15, -0.1) is 0 Å². The Labute approximate surface area is 185 Å². The minimum atomic E-state index is -0.418. The summed E-state index contributed by atoms with van der Waals surface area (Å²) in [6.07, 6.45) is 4.00. The number of carbonyl (C=O) groups is 2. The standard InChI is InChI=1S/C23H23N5O4/c1-31-23(30)17-6-4-16(5-7-17)22(29)28-12-10-27(11-13-28)19-9-8-18(14-24-19)20-25-21(32-26-20)15-2-3-15/h4-9,14-15H,2-3,10-13H2,1H3. The van der Waals surface area contributed by atoms with E-state index in [1.54, 1.807) is 30.5 Å². The molecular weight excluding hydrogens is 410 g/mol. The molecular formula is C23H23N5O4. The van der Waals surface area contributed by atoms with E-state index in [4.69, 9.17) is 9.26 Å². The highest BCUT2D eigenvalue weighted by Crippen LogP contribution is 2.39. The first-order valence-corrected chi connectivity index (χ1v) is 10.6. The van der Waals surface area contributed by atoms with Gasteiger partial charge in [0.2, 0.25) is 11.7 Å². The average molecular weight is 433 g/mol. The maximum absolute atomic E-state index is 12.8. The summed E-state index contributed by atoms with van der Waals surface area (Å²) in [5, 5.41) is 4.06. The number of rotatable bonds is 5. The van der Waals surface area contributed by atoms with Crippen LogP contribution in [0.2, 0.25) is 0 Å². The van der Waals surface area contributed by atoms with Crippen molar-refractivity contribution in [2.75, 3.05) is 38.2 Å². The molecule has 164 valence electrons. The fourth-order valence-corrected chi connectivity index (χ4v) is 3.74. The van der Waals surface area contributed by atoms with Gasteiger partial charge < -0.3 is 19.1 Å². The van der Waals surface area contributed by atoms with E-state index >= 15 is 0 Å². The molecule has 0 bridgehead atoms. The summed E-state index contributed by atoms with van der Waals surface area (Å²) in [6.45, 7) is 2.56. The van der Waals surface area contributed by atoms with Gasteiger partial charge in [0, 0.05) is 49.4 Å². The summed E-state index contributed by atoms with van der Waals surface area (Å²) in [4.78, 5) is 37.4. The van der Waals surface area contributed by atoms with E-state index in [1.807, 2.05) is 17.0 Å². The molecule has 2 fully saturated rings. The molecule has 1 saturated heterocycles. The average Bonchev–Trinajstić information content (AvgIpc) is 3.60. The quantitative estimate of drug-likeness (QED) is 0.566. The molecule has 0 spiro atoms. The van der Waals surface area contributed by atoms with E-state index in [0.29, 0.717) is 54.9 Å². The second kappa shape index (κ2) is 8.41. The number of ether oxygens (including phenoxy) is 1. The van der Waals surface area contributed by atoms with Crippen LogP contribution >= 0.6 is 0 Å². The maximum Gasteiger partial charge on any atom is 0.337 e. The van der Waals surface area contributed by atoms with Gasteiger partial charge in [-0.3, -0.25) is 4.79 Å². The fourth-order valence-electron chi connectivity index (χ4n) is 3.74. The van der Waals surface area contributed by atoms with E-state index in [-0.39, 0.29) is 5.91 Å². The molecule has 3 heterocycles. The van der Waals surface area contributed by atoms with E-state index in [0.717, 1.165) is 24.2 Å². The van der Waals surface area contributed by atoms with Gasteiger partial charge in [0.1, 0.15) is 5.82 Å². The van der Waals surface area contributed by atoms with Gasteiger partial charge in [-0.25, -0.2) is 9.78 Å². The van der Waals surface area contributed by atoms with Crippen molar-refractivity contribution in [3.63, 3.8) is 0 Å². The van der Waals surface area contributed by atoms with Crippen molar-refractivity contribution in [2.45, 2.75) is 18.8 Å². The van der Waals surface area contributed by atoms with Gasteiger partial charge in [-0.1, -0.05) is 5.16 Å². The lowest BCUT2D eigenvalue weighted by molar-refractivity contribution is 0.0599. The number of benzene rings is 1. The number of piperazine rings is 1. The zero-order chi connectivity index (χ0) is 22.1. The Balaban J connectivity index is 1.18. The number of esters is 1. The SMILES string of the molecule is COC(=O)c1ccc(C(=O)N2CCN(c3ccc(-c4noc(C5CC5)n4)cn3)CC2)cc1. The Morgan fingerprint density at radius 2 is 1.72 bits per heavy atom. The van der Waals surface area contributed by atoms with Crippen LogP contribution in [0.5, 0.6) is 0 Å². The molecule has 1 aromatic carbocycles. The number of carbonyl (C=O) groups excluding carboxylic acids is 2. The van der Waals surface area contributed by atoms with Crippen LogP contribution in [0, 0.1) is 0 Å². The minimum absolute atomic E-state index is 0.0482. The summed E-state index contributed by atoms with van der Waals surface area (Å²) in [7, 11) is 1.33. The van der Waals surface area contributed by atoms with Crippen LogP contribution < -0.4 is 4.90 Å². The Morgan fingerprint density at radius 3 is 2.34 bits per heavy atom. The summed E-state index contributed by atoms with van der Waals surface area (Å²) in [6, 6.07) is 10.4. The molecule has 1 saturated carbocycles. The number of aromatic nitrogens is 3. The van der Waals surface area contributed by atoms with Crippen LogP contribution in [0.3, 0.4) is 0 Å².